The zero-order valence-electron chi connectivity index (χ0n) is 12.9. The predicted octanol–water partition coefficient (Wildman–Crippen LogP) is 0.805. The first-order chi connectivity index (χ1) is 10.6. The maximum absolute atomic E-state index is 11.9. The molecular weight excluding hydrogens is 282 g/mol. The standard InChI is InChI=1S/C15H19N5O2/c1-20(2)14-17-12(18-15(19-14)22-3)10-16-13(21)9-11-7-5-4-6-8-11/h4-8H,9-10H2,1-3H3,(H,16,21). The molecule has 0 radical (unpaired) electrons. The van der Waals surface area contributed by atoms with Crippen molar-refractivity contribution in [2.24, 2.45) is 0 Å². The van der Waals surface area contributed by atoms with E-state index < -0.39 is 0 Å². The summed E-state index contributed by atoms with van der Waals surface area (Å²) in [7, 11) is 5.14. The Morgan fingerprint density at radius 2 is 1.91 bits per heavy atom. The van der Waals surface area contributed by atoms with Gasteiger partial charge in [-0.15, -0.1) is 0 Å². The quantitative estimate of drug-likeness (QED) is 0.850. The summed E-state index contributed by atoms with van der Waals surface area (Å²) >= 11 is 0. The van der Waals surface area contributed by atoms with Gasteiger partial charge in [0, 0.05) is 14.1 Å². The van der Waals surface area contributed by atoms with Gasteiger partial charge in [-0.05, 0) is 5.56 Å². The minimum atomic E-state index is -0.0861. The number of rotatable bonds is 6. The van der Waals surface area contributed by atoms with Gasteiger partial charge in [-0.25, -0.2) is 0 Å². The molecule has 0 fully saturated rings. The molecule has 1 aromatic carbocycles. The topological polar surface area (TPSA) is 80.2 Å². The van der Waals surface area contributed by atoms with Crippen LogP contribution in [0.5, 0.6) is 6.01 Å². The molecule has 7 nitrogen and oxygen atoms in total. The Kier molecular flexibility index (Phi) is 5.24. The number of ether oxygens (including phenoxy) is 1. The number of hydrogen-bond acceptors (Lipinski definition) is 6. The molecule has 0 bridgehead atoms. The lowest BCUT2D eigenvalue weighted by molar-refractivity contribution is -0.120. The van der Waals surface area contributed by atoms with Crippen molar-refractivity contribution in [3.63, 3.8) is 0 Å². The normalized spacial score (nSPS) is 10.1. The molecule has 7 heteroatoms. The Labute approximate surface area is 129 Å². The van der Waals surface area contributed by atoms with Crippen molar-refractivity contribution >= 4 is 11.9 Å². The minimum Gasteiger partial charge on any atom is -0.467 e. The van der Waals surface area contributed by atoms with E-state index in [1.165, 1.54) is 7.11 Å². The number of hydrogen-bond donors (Lipinski definition) is 1. The van der Waals surface area contributed by atoms with Crippen LogP contribution in [0.15, 0.2) is 30.3 Å². The highest BCUT2D eigenvalue weighted by molar-refractivity contribution is 5.78. The van der Waals surface area contributed by atoms with Gasteiger partial charge in [0.15, 0.2) is 5.82 Å². The summed E-state index contributed by atoms with van der Waals surface area (Å²) < 4.78 is 5.05. The molecular formula is C15H19N5O2. The number of amides is 1. The molecule has 1 aromatic heterocycles. The number of nitrogens with one attached hydrogen (secondary N) is 1. The average molecular weight is 301 g/mol. The Hall–Kier alpha value is -2.70. The average Bonchev–Trinajstić information content (AvgIpc) is 2.53. The van der Waals surface area contributed by atoms with Crippen molar-refractivity contribution in [3.05, 3.63) is 41.7 Å². The first kappa shape index (κ1) is 15.7. The zero-order chi connectivity index (χ0) is 15.9. The van der Waals surface area contributed by atoms with Crippen LogP contribution in [-0.2, 0) is 17.8 Å². The van der Waals surface area contributed by atoms with E-state index in [0.29, 0.717) is 18.2 Å². The van der Waals surface area contributed by atoms with Crippen molar-refractivity contribution in [2.45, 2.75) is 13.0 Å². The Balaban J connectivity index is 1.98. The van der Waals surface area contributed by atoms with Gasteiger partial charge < -0.3 is 15.0 Å². The molecule has 2 rings (SSSR count). The third-order valence-electron chi connectivity index (χ3n) is 2.88. The molecule has 0 aliphatic carbocycles. The molecule has 22 heavy (non-hydrogen) atoms. The van der Waals surface area contributed by atoms with Crippen molar-refractivity contribution in [1.82, 2.24) is 20.3 Å². The number of nitrogens with zero attached hydrogens (tertiary/aromatic N) is 4. The third kappa shape index (κ3) is 4.41. The molecule has 1 amide bonds. The van der Waals surface area contributed by atoms with Crippen LogP contribution in [-0.4, -0.2) is 42.1 Å². The summed E-state index contributed by atoms with van der Waals surface area (Å²) in [5.41, 5.74) is 0.960. The fourth-order valence-electron chi connectivity index (χ4n) is 1.78. The van der Waals surface area contributed by atoms with Crippen LogP contribution in [0, 0.1) is 0 Å². The molecule has 0 unspecified atom stereocenters. The van der Waals surface area contributed by atoms with E-state index in [1.54, 1.807) is 4.90 Å². The van der Waals surface area contributed by atoms with Gasteiger partial charge >= 0.3 is 6.01 Å². The zero-order valence-corrected chi connectivity index (χ0v) is 12.9. The molecule has 116 valence electrons. The van der Waals surface area contributed by atoms with Gasteiger partial charge in [-0.1, -0.05) is 30.3 Å². The van der Waals surface area contributed by atoms with E-state index in [-0.39, 0.29) is 18.5 Å². The van der Waals surface area contributed by atoms with Crippen LogP contribution in [0.2, 0.25) is 0 Å². The van der Waals surface area contributed by atoms with Gasteiger partial charge in [0.2, 0.25) is 11.9 Å². The number of carbonyl (C=O) groups is 1. The van der Waals surface area contributed by atoms with Crippen molar-refractivity contribution in [3.8, 4) is 6.01 Å². The molecule has 0 spiro atoms. The maximum Gasteiger partial charge on any atom is 0.321 e. The van der Waals surface area contributed by atoms with Gasteiger partial charge in [0.25, 0.3) is 0 Å². The van der Waals surface area contributed by atoms with E-state index >= 15 is 0 Å². The second-order valence-corrected chi connectivity index (χ2v) is 4.87. The highest BCUT2D eigenvalue weighted by atomic mass is 16.5. The number of anilines is 1. The lowest BCUT2D eigenvalue weighted by Gasteiger charge is -2.12. The van der Waals surface area contributed by atoms with Crippen LogP contribution in [0.25, 0.3) is 0 Å². The number of benzene rings is 1. The van der Waals surface area contributed by atoms with Crippen molar-refractivity contribution < 1.29 is 9.53 Å². The van der Waals surface area contributed by atoms with Gasteiger partial charge in [-0.2, -0.15) is 15.0 Å². The molecule has 2 aromatic rings. The van der Waals surface area contributed by atoms with Crippen LogP contribution in [0.4, 0.5) is 5.95 Å². The minimum absolute atomic E-state index is 0.0861. The number of carbonyl (C=O) groups excluding carboxylic acids is 1. The van der Waals surface area contributed by atoms with Crippen LogP contribution >= 0.6 is 0 Å². The Morgan fingerprint density at radius 3 is 2.55 bits per heavy atom. The molecule has 0 saturated heterocycles. The van der Waals surface area contributed by atoms with Gasteiger partial charge in [0.05, 0.1) is 20.1 Å². The maximum atomic E-state index is 11.9. The molecule has 1 N–H and O–H groups in total. The van der Waals surface area contributed by atoms with Crippen LogP contribution < -0.4 is 15.0 Å². The first-order valence-corrected chi connectivity index (χ1v) is 6.85. The van der Waals surface area contributed by atoms with Crippen LogP contribution in [0.1, 0.15) is 11.4 Å². The largest absolute Gasteiger partial charge is 0.467 e. The fraction of sp³-hybridized carbons (Fsp3) is 0.333. The summed E-state index contributed by atoms with van der Waals surface area (Å²) in [6, 6.07) is 9.78. The summed E-state index contributed by atoms with van der Waals surface area (Å²) in [6.07, 6.45) is 0.323. The lowest BCUT2D eigenvalue weighted by atomic mass is 10.1. The predicted molar refractivity (Wildman–Crippen MR) is 82.7 cm³/mol. The highest BCUT2D eigenvalue weighted by Gasteiger charge is 2.10. The summed E-state index contributed by atoms with van der Waals surface area (Å²) in [5, 5.41) is 2.80. The van der Waals surface area contributed by atoms with Crippen LogP contribution in [0.3, 0.4) is 0 Å². The number of methoxy groups -OCH3 is 1. The third-order valence-corrected chi connectivity index (χ3v) is 2.88. The monoisotopic (exact) mass is 301 g/mol. The SMILES string of the molecule is COc1nc(CNC(=O)Cc2ccccc2)nc(N(C)C)n1. The lowest BCUT2D eigenvalue weighted by Crippen LogP contribution is -2.26. The van der Waals surface area contributed by atoms with E-state index in [9.17, 15) is 4.79 Å². The first-order valence-electron chi connectivity index (χ1n) is 6.85. The smallest absolute Gasteiger partial charge is 0.321 e. The molecule has 0 aliphatic heterocycles. The van der Waals surface area contributed by atoms with Crippen molar-refractivity contribution in [2.75, 3.05) is 26.1 Å². The molecule has 0 atom stereocenters. The summed E-state index contributed by atoms with van der Waals surface area (Å²) in [6.45, 7) is 0.228. The Morgan fingerprint density at radius 1 is 1.18 bits per heavy atom. The summed E-state index contributed by atoms with van der Waals surface area (Å²) in [4.78, 5) is 26.2. The second-order valence-electron chi connectivity index (χ2n) is 4.87. The van der Waals surface area contributed by atoms with Gasteiger partial charge in [0.1, 0.15) is 0 Å². The fourth-order valence-corrected chi connectivity index (χ4v) is 1.78. The molecule has 0 saturated carbocycles. The second kappa shape index (κ2) is 7.35. The summed E-state index contributed by atoms with van der Waals surface area (Å²) in [5.74, 6) is 0.855. The van der Waals surface area contributed by atoms with Gasteiger partial charge in [-0.3, -0.25) is 4.79 Å². The van der Waals surface area contributed by atoms with E-state index in [2.05, 4.69) is 20.3 Å². The Bertz CT molecular complexity index is 631. The van der Waals surface area contributed by atoms with E-state index in [0.717, 1.165) is 5.56 Å². The molecule has 0 aliphatic rings. The van der Waals surface area contributed by atoms with Crippen molar-refractivity contribution in [1.29, 1.82) is 0 Å². The number of aromatic nitrogens is 3. The molecule has 1 heterocycles. The highest BCUT2D eigenvalue weighted by Crippen LogP contribution is 2.09. The van der Waals surface area contributed by atoms with E-state index in [1.807, 2.05) is 44.4 Å². The van der Waals surface area contributed by atoms with E-state index in [4.69, 9.17) is 4.74 Å².